The van der Waals surface area contributed by atoms with Crippen molar-refractivity contribution in [3.05, 3.63) is 29.3 Å². The molecule has 100 valence electrons. The van der Waals surface area contributed by atoms with Gasteiger partial charge in [0.15, 0.2) is 5.78 Å². The van der Waals surface area contributed by atoms with Gasteiger partial charge in [-0.1, -0.05) is 0 Å². The van der Waals surface area contributed by atoms with Crippen LogP contribution in [0.5, 0.6) is 0 Å². The molecule has 0 radical (unpaired) electrons. The number of rotatable bonds is 2. The molecule has 0 aromatic heterocycles. The minimum atomic E-state index is 0.0584. The molecule has 1 aromatic rings. The highest BCUT2D eigenvalue weighted by Gasteiger charge is 2.23. The second-order valence-corrected chi connectivity index (χ2v) is 5.33. The highest BCUT2D eigenvalue weighted by molar-refractivity contribution is 6.00. The zero-order valence-electron chi connectivity index (χ0n) is 10.9. The van der Waals surface area contributed by atoms with Gasteiger partial charge in [-0.3, -0.25) is 9.59 Å². The number of ketones is 1. The summed E-state index contributed by atoms with van der Waals surface area (Å²) in [4.78, 5) is 23.7. The third-order valence-electron chi connectivity index (χ3n) is 3.95. The van der Waals surface area contributed by atoms with Gasteiger partial charge in [-0.25, -0.2) is 0 Å². The largest absolute Gasteiger partial charge is 0.326 e. The maximum absolute atomic E-state index is 12.4. The Morgan fingerprint density at radius 3 is 2.95 bits per heavy atom. The molecule has 1 unspecified atom stereocenters. The number of hydrogen-bond donors (Lipinski definition) is 2. The Kier molecular flexibility index (Phi) is 3.34. The van der Waals surface area contributed by atoms with Crippen molar-refractivity contribution in [2.75, 3.05) is 18.4 Å². The number of hydrogen-bond acceptors (Lipinski definition) is 3. The molecule has 1 amide bonds. The van der Waals surface area contributed by atoms with Crippen molar-refractivity contribution in [3.63, 3.8) is 0 Å². The SMILES string of the molecule is O=C1CCc2cc(C(=O)C3CCCNC3)ccc2N1. The van der Waals surface area contributed by atoms with E-state index in [1.807, 2.05) is 18.2 Å². The van der Waals surface area contributed by atoms with Crippen LogP contribution in [0.3, 0.4) is 0 Å². The predicted octanol–water partition coefficient (Wildman–Crippen LogP) is 1.75. The molecule has 19 heavy (non-hydrogen) atoms. The maximum Gasteiger partial charge on any atom is 0.224 e. The summed E-state index contributed by atoms with van der Waals surface area (Å²) in [6, 6.07) is 5.64. The van der Waals surface area contributed by atoms with Crippen LogP contribution in [0.25, 0.3) is 0 Å². The number of amides is 1. The predicted molar refractivity (Wildman–Crippen MR) is 73.3 cm³/mol. The lowest BCUT2D eigenvalue weighted by molar-refractivity contribution is -0.116. The summed E-state index contributed by atoms with van der Waals surface area (Å²) < 4.78 is 0. The second kappa shape index (κ2) is 5.13. The van der Waals surface area contributed by atoms with Gasteiger partial charge in [0, 0.05) is 30.1 Å². The fourth-order valence-corrected chi connectivity index (χ4v) is 2.85. The minimum absolute atomic E-state index is 0.0584. The van der Waals surface area contributed by atoms with Crippen LogP contribution in [0.15, 0.2) is 18.2 Å². The Balaban J connectivity index is 1.81. The second-order valence-electron chi connectivity index (χ2n) is 5.33. The first-order valence-corrected chi connectivity index (χ1v) is 6.92. The topological polar surface area (TPSA) is 58.2 Å². The van der Waals surface area contributed by atoms with Crippen LogP contribution in [0.1, 0.15) is 35.2 Å². The van der Waals surface area contributed by atoms with Crippen molar-refractivity contribution in [2.24, 2.45) is 5.92 Å². The van der Waals surface area contributed by atoms with Crippen LogP contribution >= 0.6 is 0 Å². The number of benzene rings is 1. The van der Waals surface area contributed by atoms with Crippen LogP contribution in [0, 0.1) is 5.92 Å². The van der Waals surface area contributed by atoms with Gasteiger partial charge < -0.3 is 10.6 Å². The van der Waals surface area contributed by atoms with Gasteiger partial charge in [0.05, 0.1) is 0 Å². The van der Waals surface area contributed by atoms with E-state index < -0.39 is 0 Å². The van der Waals surface area contributed by atoms with E-state index in [0.29, 0.717) is 6.42 Å². The van der Waals surface area contributed by atoms with Gasteiger partial charge in [-0.15, -0.1) is 0 Å². The number of carbonyl (C=O) groups excluding carboxylic acids is 2. The molecule has 2 heterocycles. The van der Waals surface area contributed by atoms with Gasteiger partial charge >= 0.3 is 0 Å². The number of Topliss-reactive ketones (excluding diaryl/α,β-unsaturated/α-hetero) is 1. The van der Waals surface area contributed by atoms with E-state index in [1.165, 1.54) is 0 Å². The lowest BCUT2D eigenvalue weighted by atomic mass is 9.89. The Hall–Kier alpha value is -1.68. The van der Waals surface area contributed by atoms with Gasteiger partial charge in [0.2, 0.25) is 5.91 Å². The van der Waals surface area contributed by atoms with E-state index >= 15 is 0 Å². The van der Waals surface area contributed by atoms with E-state index in [9.17, 15) is 9.59 Å². The lowest BCUT2D eigenvalue weighted by Crippen LogP contribution is -2.34. The van der Waals surface area contributed by atoms with Crippen LogP contribution in [0.2, 0.25) is 0 Å². The van der Waals surface area contributed by atoms with Gasteiger partial charge in [0.25, 0.3) is 0 Å². The number of piperidine rings is 1. The quantitative estimate of drug-likeness (QED) is 0.795. The highest BCUT2D eigenvalue weighted by atomic mass is 16.1. The minimum Gasteiger partial charge on any atom is -0.326 e. The molecule has 2 aliphatic heterocycles. The number of nitrogens with one attached hydrogen (secondary N) is 2. The van der Waals surface area contributed by atoms with Crippen molar-refractivity contribution < 1.29 is 9.59 Å². The summed E-state index contributed by atoms with van der Waals surface area (Å²) in [6.45, 7) is 1.80. The average molecular weight is 258 g/mol. The zero-order chi connectivity index (χ0) is 13.2. The Labute approximate surface area is 112 Å². The summed E-state index contributed by atoms with van der Waals surface area (Å²) in [5, 5.41) is 6.12. The number of fused-ring (bicyclic) bond motifs is 1. The van der Waals surface area contributed by atoms with Crippen LogP contribution in [-0.2, 0) is 11.2 Å². The molecule has 3 rings (SSSR count). The van der Waals surface area contributed by atoms with E-state index in [-0.39, 0.29) is 17.6 Å². The first-order valence-electron chi connectivity index (χ1n) is 6.92. The molecule has 1 aromatic carbocycles. The van der Waals surface area contributed by atoms with Crippen molar-refractivity contribution in [3.8, 4) is 0 Å². The molecule has 4 heteroatoms. The van der Waals surface area contributed by atoms with Crippen molar-refractivity contribution in [1.82, 2.24) is 5.32 Å². The highest BCUT2D eigenvalue weighted by Crippen LogP contribution is 2.25. The molecule has 0 saturated carbocycles. The van der Waals surface area contributed by atoms with Crippen LogP contribution in [0.4, 0.5) is 5.69 Å². The third kappa shape index (κ3) is 2.54. The molecule has 0 aliphatic carbocycles. The Morgan fingerprint density at radius 1 is 1.26 bits per heavy atom. The van der Waals surface area contributed by atoms with Gasteiger partial charge in [-0.05, 0) is 49.6 Å². The number of carbonyl (C=O) groups is 2. The van der Waals surface area contributed by atoms with Crippen molar-refractivity contribution >= 4 is 17.4 Å². The summed E-state index contributed by atoms with van der Waals surface area (Å²) in [7, 11) is 0. The summed E-state index contributed by atoms with van der Waals surface area (Å²) in [5.74, 6) is 0.389. The molecule has 0 spiro atoms. The standard InChI is InChI=1S/C15H18N2O2/c18-14-6-4-10-8-11(3-5-13(10)17-14)15(19)12-2-1-7-16-9-12/h3,5,8,12,16H,1-2,4,6-7,9H2,(H,17,18). The van der Waals surface area contributed by atoms with Crippen molar-refractivity contribution in [2.45, 2.75) is 25.7 Å². The lowest BCUT2D eigenvalue weighted by Gasteiger charge is -2.23. The van der Waals surface area contributed by atoms with Crippen LogP contribution < -0.4 is 10.6 Å². The first kappa shape index (κ1) is 12.4. The Morgan fingerprint density at radius 2 is 2.16 bits per heavy atom. The molecule has 2 aliphatic rings. The summed E-state index contributed by atoms with van der Waals surface area (Å²) in [6.07, 6.45) is 3.28. The van der Waals surface area contributed by atoms with Gasteiger partial charge in [-0.2, -0.15) is 0 Å². The average Bonchev–Trinajstić information content (AvgIpc) is 2.47. The molecule has 2 N–H and O–H groups in total. The van der Waals surface area contributed by atoms with Crippen molar-refractivity contribution in [1.29, 1.82) is 0 Å². The summed E-state index contributed by atoms with van der Waals surface area (Å²) in [5.41, 5.74) is 2.72. The molecule has 4 nitrogen and oxygen atoms in total. The number of anilines is 1. The fourth-order valence-electron chi connectivity index (χ4n) is 2.85. The van der Waals surface area contributed by atoms with Crippen LogP contribution in [-0.4, -0.2) is 24.8 Å². The normalized spacial score (nSPS) is 22.5. The maximum atomic E-state index is 12.4. The molecular weight excluding hydrogens is 240 g/mol. The molecule has 0 bridgehead atoms. The van der Waals surface area contributed by atoms with E-state index in [2.05, 4.69) is 10.6 Å². The first-order chi connectivity index (χ1) is 9.24. The van der Waals surface area contributed by atoms with E-state index in [0.717, 1.165) is 49.2 Å². The molecule has 1 saturated heterocycles. The molecular formula is C15H18N2O2. The Bertz CT molecular complexity index is 519. The van der Waals surface area contributed by atoms with Gasteiger partial charge in [0.1, 0.15) is 0 Å². The molecule has 1 fully saturated rings. The molecule has 1 atom stereocenters. The summed E-state index contributed by atoms with van der Waals surface area (Å²) >= 11 is 0. The zero-order valence-corrected chi connectivity index (χ0v) is 10.9. The monoisotopic (exact) mass is 258 g/mol. The fraction of sp³-hybridized carbons (Fsp3) is 0.467. The van der Waals surface area contributed by atoms with E-state index in [1.54, 1.807) is 0 Å². The van der Waals surface area contributed by atoms with E-state index in [4.69, 9.17) is 0 Å². The smallest absolute Gasteiger partial charge is 0.224 e. The third-order valence-corrected chi connectivity index (χ3v) is 3.95. The number of aryl methyl sites for hydroxylation is 1.